The van der Waals surface area contributed by atoms with Gasteiger partial charge in [0.25, 0.3) is 5.69 Å². The van der Waals surface area contributed by atoms with E-state index in [-0.39, 0.29) is 75.4 Å². The van der Waals surface area contributed by atoms with Gasteiger partial charge in [0, 0.05) is 40.4 Å². The number of halogens is 2. The van der Waals surface area contributed by atoms with Gasteiger partial charge in [-0.15, -0.1) is 0 Å². The second-order valence-electron chi connectivity index (χ2n) is 10.6. The molecular formula is C27H23Br2N3O7. The van der Waals surface area contributed by atoms with E-state index in [9.17, 15) is 29.3 Å². The molecule has 3 amide bonds. The van der Waals surface area contributed by atoms with E-state index in [0.717, 1.165) is 6.42 Å². The number of nitro groups is 1. The third-order valence-corrected chi connectivity index (χ3v) is 11.7. The monoisotopic (exact) mass is 659 g/mol. The number of anilines is 2. The Balaban J connectivity index is 1.14. The first-order valence-electron chi connectivity index (χ1n) is 12.6. The second kappa shape index (κ2) is 9.51. The van der Waals surface area contributed by atoms with Gasteiger partial charge in [0.1, 0.15) is 5.75 Å². The number of alkyl halides is 2. The van der Waals surface area contributed by atoms with E-state index >= 15 is 0 Å². The van der Waals surface area contributed by atoms with Crippen LogP contribution in [0.25, 0.3) is 0 Å². The van der Waals surface area contributed by atoms with Gasteiger partial charge in [-0.25, -0.2) is 4.90 Å². The molecule has 10 nitrogen and oxygen atoms in total. The summed E-state index contributed by atoms with van der Waals surface area (Å²) < 4.78 is 5.57. The van der Waals surface area contributed by atoms with Crippen molar-refractivity contribution in [2.75, 3.05) is 16.3 Å². The molecule has 2 saturated carbocycles. The fraction of sp³-hybridized carbons (Fsp3) is 0.407. The maximum absolute atomic E-state index is 13.4. The molecule has 2 heterocycles. The Morgan fingerprint density at radius 3 is 2.18 bits per heavy atom. The molecule has 2 saturated heterocycles. The molecule has 2 aliphatic heterocycles. The first-order chi connectivity index (χ1) is 18.6. The van der Waals surface area contributed by atoms with Gasteiger partial charge in [0.15, 0.2) is 0 Å². The molecule has 0 unspecified atom stereocenters. The molecule has 202 valence electrons. The van der Waals surface area contributed by atoms with Gasteiger partial charge < -0.3 is 9.64 Å². The predicted molar refractivity (Wildman–Crippen MR) is 147 cm³/mol. The fourth-order valence-electron chi connectivity index (χ4n) is 6.60. The number of rotatable bonds is 5. The van der Waals surface area contributed by atoms with Crippen LogP contribution in [-0.2, 0) is 19.2 Å². The molecule has 0 aromatic heterocycles. The number of amides is 3. The standard InChI is InChI=1S/C27H23Br2N3O7/c1-12-8-16(39-27(36)13-9-20(33)30(11-13)14-2-4-15(5-3-14)32(37)38)6-7-19(12)31-25(34)21-17-10-18(22(21)26(31)35)24(29)23(17)28/h2-8,13,17-18,21-24H,9-11H2,1H3/t13-,17-,18-,21-,22-,23+,24+/m1/s1. The van der Waals surface area contributed by atoms with Crippen molar-refractivity contribution in [2.45, 2.75) is 29.4 Å². The zero-order chi connectivity index (χ0) is 27.7. The van der Waals surface area contributed by atoms with Crippen molar-refractivity contribution in [3.05, 3.63) is 58.1 Å². The molecule has 39 heavy (non-hydrogen) atoms. The van der Waals surface area contributed by atoms with Crippen LogP contribution in [0.1, 0.15) is 18.4 Å². The molecule has 0 N–H and O–H groups in total. The van der Waals surface area contributed by atoms with E-state index < -0.39 is 16.8 Å². The molecule has 2 aliphatic carbocycles. The highest BCUT2D eigenvalue weighted by molar-refractivity contribution is 9.12. The van der Waals surface area contributed by atoms with Crippen LogP contribution in [0.5, 0.6) is 5.75 Å². The number of nitro benzene ring substituents is 1. The lowest BCUT2D eigenvalue weighted by Gasteiger charge is -2.28. The van der Waals surface area contributed by atoms with Gasteiger partial charge in [-0.2, -0.15) is 0 Å². The van der Waals surface area contributed by atoms with Crippen LogP contribution in [0.3, 0.4) is 0 Å². The Kier molecular flexibility index (Phi) is 6.37. The molecule has 2 aromatic rings. The first-order valence-corrected chi connectivity index (χ1v) is 14.4. The maximum atomic E-state index is 13.4. The highest BCUT2D eigenvalue weighted by atomic mass is 79.9. The molecule has 7 atom stereocenters. The van der Waals surface area contributed by atoms with Crippen molar-refractivity contribution < 1.29 is 28.8 Å². The minimum Gasteiger partial charge on any atom is -0.426 e. The number of nitrogens with zero attached hydrogens (tertiary/aromatic N) is 3. The van der Waals surface area contributed by atoms with Crippen LogP contribution >= 0.6 is 31.9 Å². The van der Waals surface area contributed by atoms with E-state index in [4.69, 9.17) is 4.74 Å². The van der Waals surface area contributed by atoms with E-state index in [2.05, 4.69) is 31.9 Å². The Labute approximate surface area is 240 Å². The number of non-ortho nitro benzene ring substituents is 1. The smallest absolute Gasteiger partial charge is 0.316 e. The highest BCUT2D eigenvalue weighted by Crippen LogP contribution is 2.60. The van der Waals surface area contributed by atoms with E-state index in [1.165, 1.54) is 34.1 Å². The number of carbonyl (C=O) groups excluding carboxylic acids is 4. The van der Waals surface area contributed by atoms with Crippen molar-refractivity contribution in [3.63, 3.8) is 0 Å². The number of benzene rings is 2. The molecule has 2 aromatic carbocycles. The van der Waals surface area contributed by atoms with Gasteiger partial charge in [0.05, 0.1) is 28.4 Å². The molecule has 12 heteroatoms. The van der Waals surface area contributed by atoms with Crippen LogP contribution in [0.15, 0.2) is 42.5 Å². The Morgan fingerprint density at radius 2 is 1.62 bits per heavy atom. The molecule has 0 radical (unpaired) electrons. The summed E-state index contributed by atoms with van der Waals surface area (Å²) in [5.41, 5.74) is 1.48. The summed E-state index contributed by atoms with van der Waals surface area (Å²) in [7, 11) is 0. The number of esters is 1. The maximum Gasteiger partial charge on any atom is 0.316 e. The van der Waals surface area contributed by atoms with Crippen molar-refractivity contribution in [3.8, 4) is 5.75 Å². The van der Waals surface area contributed by atoms with Crippen molar-refractivity contribution in [1.29, 1.82) is 0 Å². The normalized spacial score (nSPS) is 31.3. The lowest BCUT2D eigenvalue weighted by atomic mass is 9.81. The van der Waals surface area contributed by atoms with Gasteiger partial charge in [-0.05, 0) is 61.1 Å². The number of hydrogen-bond acceptors (Lipinski definition) is 7. The number of fused-ring (bicyclic) bond motifs is 5. The largest absolute Gasteiger partial charge is 0.426 e. The van der Waals surface area contributed by atoms with Gasteiger partial charge in [-0.3, -0.25) is 29.3 Å². The summed E-state index contributed by atoms with van der Waals surface area (Å²) in [5, 5.41) is 10.9. The highest BCUT2D eigenvalue weighted by Gasteiger charge is 2.66. The summed E-state index contributed by atoms with van der Waals surface area (Å²) in [6.45, 7) is 1.85. The van der Waals surface area contributed by atoms with Crippen LogP contribution in [0.4, 0.5) is 17.1 Å². The topological polar surface area (TPSA) is 127 Å². The summed E-state index contributed by atoms with van der Waals surface area (Å²) in [6.07, 6.45) is 0.809. The van der Waals surface area contributed by atoms with Crippen LogP contribution in [-0.4, -0.2) is 44.8 Å². The number of hydrogen-bond donors (Lipinski definition) is 0. The molecule has 0 spiro atoms. The lowest BCUT2D eigenvalue weighted by Crippen LogP contribution is -2.37. The van der Waals surface area contributed by atoms with Gasteiger partial charge >= 0.3 is 5.97 Å². The minimum atomic E-state index is -0.710. The Morgan fingerprint density at radius 1 is 1.00 bits per heavy atom. The zero-order valence-electron chi connectivity index (χ0n) is 20.7. The van der Waals surface area contributed by atoms with Crippen LogP contribution in [0.2, 0.25) is 0 Å². The SMILES string of the molecule is Cc1cc(OC(=O)[C@@H]2CC(=O)N(c3ccc([N+](=O)[O-])cc3)C2)ccc1N1C(=O)[C@@H]2[C@H]3C[C@@H]([C@H](Br)[C@H]3Br)[C@H]2C1=O. The third-order valence-electron chi connectivity index (χ3n) is 8.45. The summed E-state index contributed by atoms with van der Waals surface area (Å²) in [6, 6.07) is 10.4. The molecule has 4 aliphatic rings. The quantitative estimate of drug-likeness (QED) is 0.118. The number of imide groups is 1. The molecule has 2 bridgehead atoms. The van der Waals surface area contributed by atoms with Crippen molar-refractivity contribution in [1.82, 2.24) is 0 Å². The van der Waals surface area contributed by atoms with Crippen LogP contribution in [0, 0.1) is 46.6 Å². The summed E-state index contributed by atoms with van der Waals surface area (Å²) in [5.74, 6) is -2.08. The average Bonchev–Trinajstić information content (AvgIpc) is 3.62. The zero-order valence-corrected chi connectivity index (χ0v) is 23.8. The fourth-order valence-corrected chi connectivity index (χ4v) is 8.47. The Hall–Kier alpha value is -3.12. The number of ether oxygens (including phenoxy) is 1. The summed E-state index contributed by atoms with van der Waals surface area (Å²) in [4.78, 5) is 65.6. The number of aryl methyl sites for hydroxylation is 1. The van der Waals surface area contributed by atoms with E-state index in [0.29, 0.717) is 16.9 Å². The van der Waals surface area contributed by atoms with Crippen molar-refractivity contribution >= 4 is 72.6 Å². The molecular weight excluding hydrogens is 638 g/mol. The number of carbonyl (C=O) groups is 4. The van der Waals surface area contributed by atoms with Gasteiger partial charge in [-0.1, -0.05) is 31.9 Å². The van der Waals surface area contributed by atoms with Crippen molar-refractivity contribution in [2.24, 2.45) is 29.6 Å². The minimum absolute atomic E-state index is 0.0437. The van der Waals surface area contributed by atoms with Crippen LogP contribution < -0.4 is 14.5 Å². The van der Waals surface area contributed by atoms with Gasteiger partial charge in [0.2, 0.25) is 17.7 Å². The predicted octanol–water partition coefficient (Wildman–Crippen LogP) is 4.14. The first kappa shape index (κ1) is 26.1. The second-order valence-corrected chi connectivity index (χ2v) is 12.7. The van der Waals surface area contributed by atoms with E-state index in [1.807, 2.05) is 0 Å². The molecule has 6 rings (SSSR count). The molecule has 4 fully saturated rings. The average molecular weight is 661 g/mol. The summed E-state index contributed by atoms with van der Waals surface area (Å²) >= 11 is 7.40. The lowest BCUT2D eigenvalue weighted by molar-refractivity contribution is -0.384. The Bertz CT molecular complexity index is 1400. The third kappa shape index (κ3) is 4.10. The van der Waals surface area contributed by atoms with E-state index in [1.54, 1.807) is 25.1 Å².